The minimum atomic E-state index is -0.495. The fourth-order valence-corrected chi connectivity index (χ4v) is 2.80. The summed E-state index contributed by atoms with van der Waals surface area (Å²) in [7, 11) is 1.70. The van der Waals surface area contributed by atoms with Crippen molar-refractivity contribution >= 4 is 23.4 Å². The average Bonchev–Trinajstić information content (AvgIpc) is 2.56. The van der Waals surface area contributed by atoms with E-state index >= 15 is 0 Å². The summed E-state index contributed by atoms with van der Waals surface area (Å²) in [4.78, 5) is 14.9. The molecule has 1 N–H and O–H groups in total. The predicted molar refractivity (Wildman–Crippen MR) is 94.3 cm³/mol. The molecule has 2 rings (SSSR count). The summed E-state index contributed by atoms with van der Waals surface area (Å²) < 4.78 is 27.2. The van der Waals surface area contributed by atoms with Crippen LogP contribution in [0.3, 0.4) is 0 Å². The number of nitrogens with one attached hydrogen (secondary N) is 1. The highest BCUT2D eigenvalue weighted by Gasteiger charge is 2.18. The third-order valence-electron chi connectivity index (χ3n) is 3.82. The summed E-state index contributed by atoms with van der Waals surface area (Å²) >= 11 is 1.59. The van der Waals surface area contributed by atoms with Gasteiger partial charge in [-0.15, -0.1) is 11.8 Å². The number of hydrogen-bond acceptors (Lipinski definition) is 3. The van der Waals surface area contributed by atoms with Gasteiger partial charge >= 0.3 is 0 Å². The molecule has 24 heavy (non-hydrogen) atoms. The Labute approximate surface area is 145 Å². The second-order valence-electron chi connectivity index (χ2n) is 5.54. The van der Waals surface area contributed by atoms with Crippen LogP contribution in [0.15, 0.2) is 47.4 Å². The number of amides is 1. The summed E-state index contributed by atoms with van der Waals surface area (Å²) in [6.07, 6.45) is 1.96. The molecule has 0 fully saturated rings. The molecule has 0 aliphatic carbocycles. The predicted octanol–water partition coefficient (Wildman–Crippen LogP) is 4.32. The normalized spacial score (nSPS) is 12.2. The minimum Gasteiger partial charge on any atom is -0.325 e. The van der Waals surface area contributed by atoms with Crippen LogP contribution < -0.4 is 5.32 Å². The van der Waals surface area contributed by atoms with Crippen molar-refractivity contribution in [3.8, 4) is 0 Å². The molecule has 0 bridgehead atoms. The monoisotopic (exact) mass is 350 g/mol. The van der Waals surface area contributed by atoms with Crippen LogP contribution in [0.4, 0.5) is 14.5 Å². The number of halogens is 2. The van der Waals surface area contributed by atoms with Gasteiger partial charge in [0.2, 0.25) is 5.91 Å². The highest BCUT2D eigenvalue weighted by Crippen LogP contribution is 2.23. The molecule has 0 aliphatic heterocycles. The molecule has 0 spiro atoms. The lowest BCUT2D eigenvalue weighted by Crippen LogP contribution is -2.32. The fourth-order valence-electron chi connectivity index (χ4n) is 2.34. The van der Waals surface area contributed by atoms with E-state index in [1.807, 2.05) is 30.5 Å². The van der Waals surface area contributed by atoms with Gasteiger partial charge in [-0.2, -0.15) is 0 Å². The smallest absolute Gasteiger partial charge is 0.238 e. The van der Waals surface area contributed by atoms with Gasteiger partial charge in [-0.1, -0.05) is 6.07 Å². The van der Waals surface area contributed by atoms with Crippen LogP contribution in [-0.4, -0.2) is 30.7 Å². The van der Waals surface area contributed by atoms with Crippen molar-refractivity contribution in [3.05, 3.63) is 59.7 Å². The molecule has 3 nitrogen and oxygen atoms in total. The van der Waals surface area contributed by atoms with Crippen LogP contribution in [0.25, 0.3) is 0 Å². The third kappa shape index (κ3) is 4.79. The number of thioether (sulfide) groups is 1. The van der Waals surface area contributed by atoms with Gasteiger partial charge in [0.1, 0.15) is 11.6 Å². The number of anilines is 1. The maximum absolute atomic E-state index is 13.9. The molecule has 0 heterocycles. The second kappa shape index (κ2) is 8.26. The van der Waals surface area contributed by atoms with E-state index in [1.165, 1.54) is 0 Å². The van der Waals surface area contributed by atoms with Crippen molar-refractivity contribution in [2.75, 3.05) is 25.2 Å². The fraction of sp³-hybridized carbons (Fsp3) is 0.278. The van der Waals surface area contributed by atoms with E-state index in [4.69, 9.17) is 0 Å². The van der Waals surface area contributed by atoms with E-state index in [0.29, 0.717) is 5.69 Å². The summed E-state index contributed by atoms with van der Waals surface area (Å²) in [5.74, 6) is -1.19. The maximum Gasteiger partial charge on any atom is 0.238 e. The molecule has 0 aliphatic rings. The lowest BCUT2D eigenvalue weighted by molar-refractivity contribution is -0.117. The van der Waals surface area contributed by atoms with Crippen molar-refractivity contribution < 1.29 is 13.6 Å². The number of carbonyl (C=O) groups is 1. The van der Waals surface area contributed by atoms with Gasteiger partial charge in [0.25, 0.3) is 0 Å². The molecule has 128 valence electrons. The molecule has 0 radical (unpaired) electrons. The van der Waals surface area contributed by atoms with Gasteiger partial charge in [0.15, 0.2) is 0 Å². The Hall–Kier alpha value is -1.92. The van der Waals surface area contributed by atoms with Crippen molar-refractivity contribution in [2.45, 2.75) is 17.9 Å². The first-order valence-electron chi connectivity index (χ1n) is 7.50. The number of rotatable bonds is 6. The van der Waals surface area contributed by atoms with Crippen LogP contribution in [0.5, 0.6) is 0 Å². The van der Waals surface area contributed by atoms with E-state index in [1.54, 1.807) is 30.6 Å². The van der Waals surface area contributed by atoms with Crippen LogP contribution in [0.2, 0.25) is 0 Å². The van der Waals surface area contributed by atoms with Gasteiger partial charge in [0.05, 0.1) is 6.54 Å². The Morgan fingerprint density at radius 2 is 2.00 bits per heavy atom. The summed E-state index contributed by atoms with van der Waals surface area (Å²) in [5.41, 5.74) is 0.944. The highest BCUT2D eigenvalue weighted by atomic mass is 32.2. The molecule has 6 heteroatoms. The Balaban J connectivity index is 2.01. The summed E-state index contributed by atoms with van der Waals surface area (Å²) in [6.45, 7) is 1.81. The van der Waals surface area contributed by atoms with Gasteiger partial charge in [-0.05, 0) is 56.6 Å². The average molecular weight is 350 g/mol. The lowest BCUT2D eigenvalue weighted by Gasteiger charge is -2.25. The quantitative estimate of drug-likeness (QED) is 0.788. The molecule has 1 unspecified atom stereocenters. The Bertz CT molecular complexity index is 724. The van der Waals surface area contributed by atoms with E-state index in [9.17, 15) is 13.6 Å². The number of likely N-dealkylation sites (N-methyl/N-ethyl adjacent to an activating group) is 1. The summed E-state index contributed by atoms with van der Waals surface area (Å²) in [6, 6.07) is 10.4. The lowest BCUT2D eigenvalue weighted by atomic mass is 10.1. The molecule has 2 aromatic carbocycles. The van der Waals surface area contributed by atoms with E-state index in [2.05, 4.69) is 5.32 Å². The standard InChI is InChI=1S/C18H20F2N2OS/c1-12(16-9-13(19)7-8-17(16)20)22(2)11-18(23)21-14-5-4-6-15(10-14)24-3/h4-10,12H,11H2,1-3H3,(H,21,23). The van der Waals surface area contributed by atoms with E-state index < -0.39 is 17.7 Å². The Morgan fingerprint density at radius 3 is 2.71 bits per heavy atom. The molecular weight excluding hydrogens is 330 g/mol. The minimum absolute atomic E-state index is 0.0701. The SMILES string of the molecule is CSc1cccc(NC(=O)CN(C)C(C)c2cc(F)ccc2F)c1. The van der Waals surface area contributed by atoms with Crippen molar-refractivity contribution in [3.63, 3.8) is 0 Å². The van der Waals surface area contributed by atoms with Crippen molar-refractivity contribution in [1.29, 1.82) is 0 Å². The second-order valence-corrected chi connectivity index (χ2v) is 6.42. The van der Waals surface area contributed by atoms with Crippen LogP contribution >= 0.6 is 11.8 Å². The Morgan fingerprint density at radius 1 is 1.25 bits per heavy atom. The first-order valence-corrected chi connectivity index (χ1v) is 8.72. The molecular formula is C18H20F2N2OS. The van der Waals surface area contributed by atoms with Gasteiger partial charge in [-0.3, -0.25) is 9.69 Å². The molecule has 2 aromatic rings. The van der Waals surface area contributed by atoms with Crippen LogP contribution in [0, 0.1) is 11.6 Å². The molecule has 0 saturated heterocycles. The van der Waals surface area contributed by atoms with E-state index in [-0.39, 0.29) is 18.0 Å². The number of benzene rings is 2. The number of carbonyl (C=O) groups excluding carboxylic acids is 1. The third-order valence-corrected chi connectivity index (χ3v) is 4.54. The first-order chi connectivity index (χ1) is 11.4. The van der Waals surface area contributed by atoms with Crippen LogP contribution in [-0.2, 0) is 4.79 Å². The van der Waals surface area contributed by atoms with Crippen molar-refractivity contribution in [2.24, 2.45) is 0 Å². The van der Waals surface area contributed by atoms with E-state index in [0.717, 1.165) is 23.1 Å². The first kappa shape index (κ1) is 18.4. The highest BCUT2D eigenvalue weighted by molar-refractivity contribution is 7.98. The number of nitrogens with zero attached hydrogens (tertiary/aromatic N) is 1. The molecule has 0 aromatic heterocycles. The van der Waals surface area contributed by atoms with Crippen molar-refractivity contribution in [1.82, 2.24) is 4.90 Å². The Kier molecular flexibility index (Phi) is 6.34. The maximum atomic E-state index is 13.9. The van der Waals surface area contributed by atoms with Gasteiger partial charge in [-0.25, -0.2) is 8.78 Å². The topological polar surface area (TPSA) is 32.3 Å². The zero-order valence-electron chi connectivity index (χ0n) is 13.8. The zero-order valence-corrected chi connectivity index (χ0v) is 14.7. The summed E-state index contributed by atoms with van der Waals surface area (Å²) in [5, 5.41) is 2.82. The molecule has 1 amide bonds. The zero-order chi connectivity index (χ0) is 17.7. The molecule has 0 saturated carbocycles. The molecule has 1 atom stereocenters. The van der Waals surface area contributed by atoms with Gasteiger partial charge in [0, 0.05) is 22.2 Å². The largest absolute Gasteiger partial charge is 0.325 e. The van der Waals surface area contributed by atoms with Gasteiger partial charge < -0.3 is 5.32 Å². The number of hydrogen-bond donors (Lipinski definition) is 1. The van der Waals surface area contributed by atoms with Crippen LogP contribution in [0.1, 0.15) is 18.5 Å².